The molecule has 156 valence electrons. The number of imidazole rings is 1. The normalized spacial score (nSPS) is 14.0. The number of aromatic nitrogens is 4. The number of halogens is 4. The molecule has 0 saturated heterocycles. The molecule has 0 radical (unpaired) electrons. The number of carbonyl (C=O) groups is 1. The number of nitrogens with zero attached hydrogens (tertiary/aromatic N) is 4. The molecule has 0 saturated carbocycles. The van der Waals surface area contributed by atoms with E-state index in [1.807, 2.05) is 0 Å². The van der Waals surface area contributed by atoms with Crippen molar-refractivity contribution in [1.29, 1.82) is 0 Å². The number of aryl methyl sites for hydroxylation is 1. The van der Waals surface area contributed by atoms with Gasteiger partial charge in [-0.25, -0.2) is 10.1 Å². The van der Waals surface area contributed by atoms with E-state index in [1.54, 1.807) is 9.47 Å². The van der Waals surface area contributed by atoms with Crippen molar-refractivity contribution < 1.29 is 18.0 Å². The molecule has 3 aromatic rings. The van der Waals surface area contributed by atoms with Gasteiger partial charge in [-0.1, -0.05) is 29.3 Å². The number of aromatic amines is 1. The third-order valence-corrected chi connectivity index (χ3v) is 5.30. The zero-order valence-electron chi connectivity index (χ0n) is 15.6. The van der Waals surface area contributed by atoms with Crippen molar-refractivity contribution in [3.63, 3.8) is 0 Å². The van der Waals surface area contributed by atoms with Crippen LogP contribution in [0.15, 0.2) is 35.4 Å². The van der Waals surface area contributed by atoms with E-state index in [9.17, 15) is 22.8 Å². The van der Waals surface area contributed by atoms with Crippen LogP contribution in [0.3, 0.4) is 0 Å². The van der Waals surface area contributed by atoms with Crippen LogP contribution in [-0.2, 0) is 19.3 Å². The Balaban J connectivity index is 1.68. The molecule has 0 aliphatic carbocycles. The third-order valence-electron chi connectivity index (χ3n) is 4.94. The Hall–Kier alpha value is -3.14. The molecule has 2 aromatic heterocycles. The summed E-state index contributed by atoms with van der Waals surface area (Å²) in [5.41, 5.74) is -1.01. The summed E-state index contributed by atoms with van der Waals surface area (Å²) in [4.78, 5) is 30.6. The highest BCUT2D eigenvalue weighted by Gasteiger charge is 2.36. The van der Waals surface area contributed by atoms with E-state index in [-0.39, 0.29) is 23.8 Å². The first kappa shape index (κ1) is 20.1. The minimum atomic E-state index is -4.65. The summed E-state index contributed by atoms with van der Waals surface area (Å²) in [7, 11) is 0. The number of ketones is 1. The van der Waals surface area contributed by atoms with E-state index in [0.29, 0.717) is 23.6 Å². The number of alkyl halides is 3. The number of carbonyl (C=O) groups excluding carboxylic acids is 1. The van der Waals surface area contributed by atoms with E-state index in [4.69, 9.17) is 11.6 Å². The Morgan fingerprint density at radius 3 is 2.73 bits per heavy atom. The monoisotopic (exact) mass is 437 g/mol. The number of rotatable bonds is 3. The molecule has 1 aliphatic heterocycles. The van der Waals surface area contributed by atoms with Crippen LogP contribution < -0.4 is 10.5 Å². The zero-order chi connectivity index (χ0) is 21.6. The second kappa shape index (κ2) is 7.28. The van der Waals surface area contributed by atoms with Gasteiger partial charge in [0.1, 0.15) is 16.5 Å². The van der Waals surface area contributed by atoms with Gasteiger partial charge < -0.3 is 9.47 Å². The number of hydrogen-bond acceptors (Lipinski definition) is 5. The highest BCUT2D eigenvalue weighted by atomic mass is 35.5. The minimum Gasteiger partial charge on any atom is -0.360 e. The molecule has 0 amide bonds. The molecule has 4 rings (SSSR count). The van der Waals surface area contributed by atoms with Crippen molar-refractivity contribution in [3.05, 3.63) is 74.2 Å². The van der Waals surface area contributed by atoms with Gasteiger partial charge in [-0.05, 0) is 13.0 Å². The Morgan fingerprint density at radius 1 is 1.23 bits per heavy atom. The number of anilines is 1. The van der Waals surface area contributed by atoms with E-state index in [0.717, 1.165) is 6.07 Å². The maximum Gasteiger partial charge on any atom is 0.417 e. The quantitative estimate of drug-likeness (QED) is 0.636. The van der Waals surface area contributed by atoms with E-state index in [2.05, 4.69) is 15.2 Å². The second-order valence-electron chi connectivity index (χ2n) is 6.91. The highest BCUT2D eigenvalue weighted by molar-refractivity contribution is 6.33. The molecule has 0 unspecified atom stereocenters. The molecule has 0 fully saturated rings. The predicted molar refractivity (Wildman–Crippen MR) is 103 cm³/mol. The van der Waals surface area contributed by atoms with Crippen LogP contribution in [0.5, 0.6) is 0 Å². The Bertz CT molecular complexity index is 1200. The molecule has 1 aromatic carbocycles. The molecular weight excluding hydrogens is 423 g/mol. The molecule has 7 nitrogen and oxygen atoms in total. The van der Waals surface area contributed by atoms with Crippen molar-refractivity contribution in [2.75, 3.05) is 11.4 Å². The fourth-order valence-electron chi connectivity index (χ4n) is 3.47. The first-order valence-electron chi connectivity index (χ1n) is 8.92. The topological polar surface area (TPSA) is 83.9 Å². The van der Waals surface area contributed by atoms with Crippen molar-refractivity contribution in [2.24, 2.45) is 0 Å². The van der Waals surface area contributed by atoms with Crippen molar-refractivity contribution in [3.8, 4) is 0 Å². The number of fused-ring (bicyclic) bond motifs is 1. The summed E-state index contributed by atoms with van der Waals surface area (Å²) >= 11 is 6.05. The van der Waals surface area contributed by atoms with Gasteiger partial charge >= 0.3 is 6.18 Å². The van der Waals surface area contributed by atoms with Gasteiger partial charge in [0.2, 0.25) is 5.78 Å². The van der Waals surface area contributed by atoms with Crippen molar-refractivity contribution in [1.82, 2.24) is 19.7 Å². The fourth-order valence-corrected chi connectivity index (χ4v) is 3.68. The summed E-state index contributed by atoms with van der Waals surface area (Å²) < 4.78 is 41.9. The van der Waals surface area contributed by atoms with Gasteiger partial charge in [-0.2, -0.15) is 18.3 Å². The van der Waals surface area contributed by atoms with Crippen LogP contribution in [0, 0.1) is 6.92 Å². The lowest BCUT2D eigenvalue weighted by atomic mass is 9.99. The summed E-state index contributed by atoms with van der Waals surface area (Å²) in [5, 5.41) is 5.96. The van der Waals surface area contributed by atoms with Gasteiger partial charge in [0.05, 0.1) is 30.2 Å². The molecule has 0 atom stereocenters. The average molecular weight is 438 g/mol. The number of nitrogens with one attached hydrogen (secondary N) is 1. The summed E-state index contributed by atoms with van der Waals surface area (Å²) in [6, 6.07) is 3.63. The highest BCUT2D eigenvalue weighted by Crippen LogP contribution is 2.34. The molecule has 3 heterocycles. The average Bonchev–Trinajstić information content (AvgIpc) is 3.12. The maximum atomic E-state index is 13.5. The van der Waals surface area contributed by atoms with Crippen LogP contribution in [0.4, 0.5) is 18.9 Å². The van der Waals surface area contributed by atoms with Crippen molar-refractivity contribution in [2.45, 2.75) is 26.2 Å². The van der Waals surface area contributed by atoms with Crippen molar-refractivity contribution >= 4 is 23.1 Å². The van der Waals surface area contributed by atoms with E-state index >= 15 is 0 Å². The number of H-pyrrole nitrogens is 1. The SMILES string of the molecule is Cc1ccc(C(=O)c2cnc3n2CCN(c2cn[nH]c(=O)c2Cl)C3)c(C(F)(F)F)c1. The van der Waals surface area contributed by atoms with Crippen LogP contribution in [0.1, 0.15) is 33.0 Å². The molecule has 1 aliphatic rings. The molecule has 11 heteroatoms. The summed E-state index contributed by atoms with van der Waals surface area (Å²) in [6.45, 7) is 2.41. The first-order chi connectivity index (χ1) is 14.2. The van der Waals surface area contributed by atoms with Gasteiger partial charge in [0, 0.05) is 18.7 Å². The Morgan fingerprint density at radius 2 is 2.00 bits per heavy atom. The predicted octanol–water partition coefficient (Wildman–Crippen LogP) is 3.20. The molecule has 0 spiro atoms. The number of hydrogen-bond donors (Lipinski definition) is 1. The fraction of sp³-hybridized carbons (Fsp3) is 0.263. The summed E-state index contributed by atoms with van der Waals surface area (Å²) in [5.74, 6) is -0.271. The lowest BCUT2D eigenvalue weighted by Crippen LogP contribution is -2.36. The molecule has 30 heavy (non-hydrogen) atoms. The zero-order valence-corrected chi connectivity index (χ0v) is 16.4. The Labute approximate surface area is 173 Å². The van der Waals surface area contributed by atoms with Crippen LogP contribution in [0.25, 0.3) is 0 Å². The lowest BCUT2D eigenvalue weighted by molar-refractivity contribution is -0.137. The van der Waals surface area contributed by atoms with Gasteiger partial charge in [0.25, 0.3) is 5.56 Å². The van der Waals surface area contributed by atoms with Crippen LogP contribution in [-0.4, -0.2) is 32.1 Å². The summed E-state index contributed by atoms with van der Waals surface area (Å²) in [6.07, 6.45) is -1.96. The molecule has 1 N–H and O–H groups in total. The maximum absolute atomic E-state index is 13.5. The Kier molecular flexibility index (Phi) is 4.89. The number of benzene rings is 1. The standard InChI is InChI=1S/C19H15ClF3N5O2/c1-10-2-3-11(12(6-10)19(21,22)23)17(29)14-7-24-15-9-27(4-5-28(14)15)13-8-25-26-18(30)16(13)20/h2-3,6-8H,4-5,9H2,1H3,(H,26,30). The minimum absolute atomic E-state index is 0.0178. The van der Waals surface area contributed by atoms with Gasteiger partial charge in [0.15, 0.2) is 0 Å². The third kappa shape index (κ3) is 3.47. The van der Waals surface area contributed by atoms with Gasteiger partial charge in [-0.15, -0.1) is 0 Å². The lowest BCUT2D eigenvalue weighted by Gasteiger charge is -2.30. The van der Waals surface area contributed by atoms with E-state index < -0.39 is 28.6 Å². The van der Waals surface area contributed by atoms with Crippen LogP contribution >= 0.6 is 11.6 Å². The van der Waals surface area contributed by atoms with E-state index in [1.165, 1.54) is 31.5 Å². The molecule has 0 bridgehead atoms. The van der Waals surface area contributed by atoms with Gasteiger partial charge in [-0.3, -0.25) is 9.59 Å². The first-order valence-corrected chi connectivity index (χ1v) is 9.29. The van der Waals surface area contributed by atoms with Crippen LogP contribution in [0.2, 0.25) is 5.02 Å². The smallest absolute Gasteiger partial charge is 0.360 e. The second-order valence-corrected chi connectivity index (χ2v) is 7.29. The largest absolute Gasteiger partial charge is 0.417 e. The molecular formula is C19H15ClF3N5O2.